The van der Waals surface area contributed by atoms with Crippen LogP contribution in [0.2, 0.25) is 0 Å². The van der Waals surface area contributed by atoms with Crippen molar-refractivity contribution in [3.05, 3.63) is 29.6 Å². The second kappa shape index (κ2) is 4.74. The van der Waals surface area contributed by atoms with Crippen LogP contribution < -0.4 is 5.73 Å². The van der Waals surface area contributed by atoms with Crippen LogP contribution in [0, 0.1) is 18.2 Å². The van der Waals surface area contributed by atoms with Gasteiger partial charge in [0, 0.05) is 0 Å². The van der Waals surface area contributed by atoms with E-state index >= 15 is 0 Å². The number of hydrogen-bond donors (Lipinski definition) is 1. The lowest BCUT2D eigenvalue weighted by Crippen LogP contribution is -2.31. The van der Waals surface area contributed by atoms with Gasteiger partial charge in [-0.1, -0.05) is 13.8 Å². The quantitative estimate of drug-likeness (QED) is 0.840. The van der Waals surface area contributed by atoms with E-state index in [-0.39, 0.29) is 17.2 Å². The Morgan fingerprint density at radius 1 is 1.35 bits per heavy atom. The number of sulfone groups is 1. The highest BCUT2D eigenvalue weighted by molar-refractivity contribution is 7.91. The van der Waals surface area contributed by atoms with Gasteiger partial charge < -0.3 is 5.73 Å². The summed E-state index contributed by atoms with van der Waals surface area (Å²) in [4.78, 5) is 0.151. The van der Waals surface area contributed by atoms with Crippen LogP contribution in [0.25, 0.3) is 0 Å². The molecule has 17 heavy (non-hydrogen) atoms. The van der Waals surface area contributed by atoms with Gasteiger partial charge in [0.25, 0.3) is 0 Å². The summed E-state index contributed by atoms with van der Waals surface area (Å²) in [6.45, 7) is 5.41. The summed E-state index contributed by atoms with van der Waals surface area (Å²) < 4.78 is 37.3. The Kier molecular flexibility index (Phi) is 3.94. The standard InChI is InChI=1S/C12H18FNO2S/c1-9-6-10(4-5-11(9)13)17(15,16)8-12(2,3)7-14/h4-6H,7-8,14H2,1-3H3. The topological polar surface area (TPSA) is 60.2 Å². The van der Waals surface area contributed by atoms with Crippen LogP contribution >= 0.6 is 0 Å². The van der Waals surface area contributed by atoms with Gasteiger partial charge in [-0.2, -0.15) is 0 Å². The van der Waals surface area contributed by atoms with Crippen LogP contribution in [-0.2, 0) is 9.84 Å². The van der Waals surface area contributed by atoms with Gasteiger partial charge in [0.15, 0.2) is 9.84 Å². The Hall–Kier alpha value is -0.940. The molecule has 0 saturated heterocycles. The lowest BCUT2D eigenvalue weighted by atomic mass is 9.97. The minimum Gasteiger partial charge on any atom is -0.330 e. The highest BCUT2D eigenvalue weighted by Crippen LogP contribution is 2.23. The van der Waals surface area contributed by atoms with Crippen molar-refractivity contribution in [2.45, 2.75) is 25.7 Å². The van der Waals surface area contributed by atoms with Crippen LogP contribution in [0.3, 0.4) is 0 Å². The van der Waals surface area contributed by atoms with Crippen molar-refractivity contribution in [1.82, 2.24) is 0 Å². The molecule has 0 aliphatic rings. The van der Waals surface area contributed by atoms with Crippen molar-refractivity contribution in [2.75, 3.05) is 12.3 Å². The first-order valence-electron chi connectivity index (χ1n) is 5.37. The first-order chi connectivity index (χ1) is 7.68. The van der Waals surface area contributed by atoms with E-state index in [1.807, 2.05) is 0 Å². The van der Waals surface area contributed by atoms with Gasteiger partial charge in [0.1, 0.15) is 5.82 Å². The Morgan fingerprint density at radius 3 is 2.41 bits per heavy atom. The predicted molar refractivity (Wildman–Crippen MR) is 66.0 cm³/mol. The van der Waals surface area contributed by atoms with Crippen LogP contribution in [-0.4, -0.2) is 20.7 Å². The van der Waals surface area contributed by atoms with Gasteiger partial charge in [0.05, 0.1) is 10.6 Å². The summed E-state index contributed by atoms with van der Waals surface area (Å²) in [5.41, 5.74) is 5.37. The Labute approximate surface area is 102 Å². The van der Waals surface area contributed by atoms with Gasteiger partial charge in [-0.05, 0) is 42.6 Å². The molecule has 0 bridgehead atoms. The molecule has 0 spiro atoms. The monoisotopic (exact) mass is 259 g/mol. The first-order valence-corrected chi connectivity index (χ1v) is 7.02. The average Bonchev–Trinajstić information content (AvgIpc) is 2.20. The zero-order valence-corrected chi connectivity index (χ0v) is 11.1. The van der Waals surface area contributed by atoms with E-state index in [2.05, 4.69) is 0 Å². The lowest BCUT2D eigenvalue weighted by Gasteiger charge is -2.22. The van der Waals surface area contributed by atoms with E-state index in [0.717, 1.165) is 0 Å². The van der Waals surface area contributed by atoms with E-state index in [9.17, 15) is 12.8 Å². The Balaban J connectivity index is 3.10. The van der Waals surface area contributed by atoms with Crippen LogP contribution in [0.1, 0.15) is 19.4 Å². The predicted octanol–water partition coefficient (Wildman–Crippen LogP) is 1.89. The summed E-state index contributed by atoms with van der Waals surface area (Å²) in [6, 6.07) is 3.83. The molecule has 3 nitrogen and oxygen atoms in total. The molecule has 0 aliphatic heterocycles. The molecule has 1 aromatic carbocycles. The molecule has 5 heteroatoms. The van der Waals surface area contributed by atoms with E-state index in [4.69, 9.17) is 5.73 Å². The van der Waals surface area contributed by atoms with Crippen molar-refractivity contribution in [1.29, 1.82) is 0 Å². The molecule has 0 radical (unpaired) electrons. The zero-order chi connectivity index (χ0) is 13.3. The van der Waals surface area contributed by atoms with Gasteiger partial charge in [-0.3, -0.25) is 0 Å². The third kappa shape index (κ3) is 3.51. The van der Waals surface area contributed by atoms with Crippen molar-refractivity contribution in [3.8, 4) is 0 Å². The van der Waals surface area contributed by atoms with Crippen molar-refractivity contribution in [3.63, 3.8) is 0 Å². The number of nitrogens with two attached hydrogens (primary N) is 1. The molecule has 0 aliphatic carbocycles. The van der Waals surface area contributed by atoms with E-state index in [0.29, 0.717) is 5.56 Å². The van der Waals surface area contributed by atoms with Crippen molar-refractivity contribution >= 4 is 9.84 Å². The minimum absolute atomic E-state index is 0.0401. The summed E-state index contributed by atoms with van der Waals surface area (Å²) in [5, 5.41) is 0. The number of halogens is 1. The second-order valence-corrected chi connectivity index (χ2v) is 7.03. The number of benzene rings is 1. The maximum Gasteiger partial charge on any atom is 0.178 e. The van der Waals surface area contributed by atoms with Gasteiger partial charge in [-0.15, -0.1) is 0 Å². The summed E-state index contributed by atoms with van der Waals surface area (Å²) >= 11 is 0. The molecule has 96 valence electrons. The summed E-state index contributed by atoms with van der Waals surface area (Å²) in [7, 11) is -3.42. The van der Waals surface area contributed by atoms with Crippen LogP contribution in [0.15, 0.2) is 23.1 Å². The molecule has 0 amide bonds. The zero-order valence-electron chi connectivity index (χ0n) is 10.3. The fraction of sp³-hybridized carbons (Fsp3) is 0.500. The number of hydrogen-bond acceptors (Lipinski definition) is 3. The fourth-order valence-electron chi connectivity index (χ4n) is 1.47. The van der Waals surface area contributed by atoms with Gasteiger partial charge >= 0.3 is 0 Å². The summed E-state index contributed by atoms with van der Waals surface area (Å²) in [5.74, 6) is -0.441. The molecule has 1 aromatic rings. The summed E-state index contributed by atoms with van der Waals surface area (Å²) in [6.07, 6.45) is 0. The van der Waals surface area contributed by atoms with Crippen molar-refractivity contribution < 1.29 is 12.8 Å². The highest BCUT2D eigenvalue weighted by Gasteiger charge is 2.26. The molecule has 0 heterocycles. The SMILES string of the molecule is Cc1cc(S(=O)(=O)CC(C)(C)CN)ccc1F. The minimum atomic E-state index is -3.42. The number of aryl methyl sites for hydroxylation is 1. The first kappa shape index (κ1) is 14.1. The molecular formula is C12H18FNO2S. The third-order valence-corrected chi connectivity index (χ3v) is 4.76. The van der Waals surface area contributed by atoms with Gasteiger partial charge in [-0.25, -0.2) is 12.8 Å². The van der Waals surface area contributed by atoms with E-state index in [1.54, 1.807) is 20.8 Å². The van der Waals surface area contributed by atoms with Crippen LogP contribution in [0.4, 0.5) is 4.39 Å². The molecule has 2 N–H and O–H groups in total. The molecule has 0 fully saturated rings. The smallest absolute Gasteiger partial charge is 0.178 e. The molecular weight excluding hydrogens is 241 g/mol. The molecule has 1 rings (SSSR count). The van der Waals surface area contributed by atoms with E-state index in [1.165, 1.54) is 18.2 Å². The fourth-order valence-corrected chi connectivity index (χ4v) is 3.41. The molecule has 0 atom stereocenters. The molecule has 0 aromatic heterocycles. The maximum atomic E-state index is 13.1. The Bertz CT molecular complexity index is 509. The average molecular weight is 259 g/mol. The normalized spacial score (nSPS) is 12.8. The Morgan fingerprint density at radius 2 is 1.94 bits per heavy atom. The highest BCUT2D eigenvalue weighted by atomic mass is 32.2. The maximum absolute atomic E-state index is 13.1. The van der Waals surface area contributed by atoms with Crippen molar-refractivity contribution in [2.24, 2.45) is 11.1 Å². The largest absolute Gasteiger partial charge is 0.330 e. The van der Waals surface area contributed by atoms with E-state index < -0.39 is 21.1 Å². The lowest BCUT2D eigenvalue weighted by molar-refractivity contribution is 0.425. The van der Waals surface area contributed by atoms with Gasteiger partial charge in [0.2, 0.25) is 0 Å². The second-order valence-electron chi connectivity index (χ2n) is 5.04. The number of rotatable bonds is 4. The van der Waals surface area contributed by atoms with Crippen LogP contribution in [0.5, 0.6) is 0 Å². The molecule has 0 unspecified atom stereocenters. The molecule has 0 saturated carbocycles. The third-order valence-electron chi connectivity index (χ3n) is 2.62.